The van der Waals surface area contributed by atoms with Gasteiger partial charge in [-0.1, -0.05) is 26.7 Å². The fourth-order valence-corrected chi connectivity index (χ4v) is 6.77. The summed E-state index contributed by atoms with van der Waals surface area (Å²) in [4.78, 5) is 25.4. The van der Waals surface area contributed by atoms with Crippen LogP contribution in [0.4, 0.5) is 0 Å². The second kappa shape index (κ2) is 4.43. The number of hydrogen-bond donors (Lipinski definition) is 0. The number of hydrogen-bond acceptors (Lipinski definition) is 2. The molecule has 0 amide bonds. The zero-order valence-corrected chi connectivity index (χ0v) is 13.5. The summed E-state index contributed by atoms with van der Waals surface area (Å²) in [5.74, 6) is 2.67. The standard InChI is InChI=1S/C19H28O2/c1-18-9-4-3-5-12(18)6-7-13-14(18)11-16(21)19(2)10-8-15(20)17(13)19/h12-14,17H,3-11H2,1-2H3/t12-,13-,14-,17+,18-,19-/m1/s1. The first-order valence-corrected chi connectivity index (χ1v) is 9.03. The molecule has 6 atom stereocenters. The third kappa shape index (κ3) is 1.71. The Hall–Kier alpha value is -0.660. The molecule has 0 aromatic rings. The van der Waals surface area contributed by atoms with E-state index >= 15 is 0 Å². The number of carbonyl (C=O) groups is 2. The monoisotopic (exact) mass is 288 g/mol. The summed E-state index contributed by atoms with van der Waals surface area (Å²) in [7, 11) is 0. The molecule has 0 aromatic heterocycles. The maximum absolute atomic E-state index is 12.9. The predicted molar refractivity (Wildman–Crippen MR) is 81.7 cm³/mol. The van der Waals surface area contributed by atoms with Crippen molar-refractivity contribution in [1.82, 2.24) is 0 Å². The van der Waals surface area contributed by atoms with E-state index in [1.54, 1.807) is 0 Å². The third-order valence-corrected chi connectivity index (χ3v) is 8.06. The largest absolute Gasteiger partial charge is 0.299 e. The molecule has 4 saturated carbocycles. The van der Waals surface area contributed by atoms with Crippen molar-refractivity contribution in [3.63, 3.8) is 0 Å². The van der Waals surface area contributed by atoms with Crippen molar-refractivity contribution < 1.29 is 9.59 Å². The van der Waals surface area contributed by atoms with E-state index in [0.717, 1.165) is 18.8 Å². The Kier molecular flexibility index (Phi) is 2.94. The van der Waals surface area contributed by atoms with E-state index in [9.17, 15) is 9.59 Å². The number of ketones is 2. The molecule has 4 aliphatic rings. The van der Waals surface area contributed by atoms with Gasteiger partial charge < -0.3 is 0 Å². The predicted octanol–water partition coefficient (Wildman–Crippen LogP) is 4.17. The summed E-state index contributed by atoms with van der Waals surface area (Å²) in [6.45, 7) is 4.54. The van der Waals surface area contributed by atoms with Gasteiger partial charge in [0.25, 0.3) is 0 Å². The molecule has 21 heavy (non-hydrogen) atoms. The first-order chi connectivity index (χ1) is 9.97. The molecule has 2 nitrogen and oxygen atoms in total. The number of rotatable bonds is 0. The lowest BCUT2D eigenvalue weighted by atomic mass is 9.45. The summed E-state index contributed by atoms with van der Waals surface area (Å²) in [6.07, 6.45) is 10.0. The minimum absolute atomic E-state index is 0.0588. The second-order valence-electron chi connectivity index (χ2n) is 8.78. The van der Waals surface area contributed by atoms with Crippen LogP contribution in [0.3, 0.4) is 0 Å². The first kappa shape index (κ1) is 14.0. The van der Waals surface area contributed by atoms with E-state index in [-0.39, 0.29) is 11.3 Å². The van der Waals surface area contributed by atoms with E-state index in [2.05, 4.69) is 13.8 Å². The molecule has 4 aliphatic carbocycles. The molecular weight excluding hydrogens is 260 g/mol. The Balaban J connectivity index is 1.74. The summed E-state index contributed by atoms with van der Waals surface area (Å²) in [6, 6.07) is 0. The van der Waals surface area contributed by atoms with Gasteiger partial charge in [-0.05, 0) is 55.3 Å². The van der Waals surface area contributed by atoms with Crippen molar-refractivity contribution in [3.05, 3.63) is 0 Å². The molecule has 4 fully saturated rings. The zero-order valence-electron chi connectivity index (χ0n) is 13.5. The summed E-state index contributed by atoms with van der Waals surface area (Å²) in [5, 5.41) is 0. The normalized spacial score (nSPS) is 53.0. The Morgan fingerprint density at radius 2 is 1.81 bits per heavy atom. The average Bonchev–Trinajstić information content (AvgIpc) is 2.77. The molecule has 2 heteroatoms. The van der Waals surface area contributed by atoms with Gasteiger partial charge in [-0.15, -0.1) is 0 Å². The van der Waals surface area contributed by atoms with Gasteiger partial charge in [0.2, 0.25) is 0 Å². The Labute approximate surface area is 128 Å². The Morgan fingerprint density at radius 1 is 1.00 bits per heavy atom. The van der Waals surface area contributed by atoms with Crippen LogP contribution in [0.25, 0.3) is 0 Å². The van der Waals surface area contributed by atoms with Gasteiger partial charge in [0, 0.05) is 24.2 Å². The summed E-state index contributed by atoms with van der Waals surface area (Å²) >= 11 is 0. The summed E-state index contributed by atoms with van der Waals surface area (Å²) < 4.78 is 0. The average molecular weight is 288 g/mol. The number of Topliss-reactive ketones (excluding diaryl/α,β-unsaturated/α-hetero) is 2. The topological polar surface area (TPSA) is 34.1 Å². The van der Waals surface area contributed by atoms with E-state index < -0.39 is 0 Å². The smallest absolute Gasteiger partial charge is 0.139 e. The van der Waals surface area contributed by atoms with E-state index in [4.69, 9.17) is 0 Å². The van der Waals surface area contributed by atoms with Crippen LogP contribution in [-0.4, -0.2) is 11.6 Å². The van der Waals surface area contributed by atoms with Crippen molar-refractivity contribution >= 4 is 11.6 Å². The van der Waals surface area contributed by atoms with E-state index in [0.29, 0.717) is 35.2 Å². The molecule has 0 aliphatic heterocycles. The van der Waals surface area contributed by atoms with Gasteiger partial charge in [-0.2, -0.15) is 0 Å². The Morgan fingerprint density at radius 3 is 2.62 bits per heavy atom. The highest BCUT2D eigenvalue weighted by atomic mass is 16.1. The van der Waals surface area contributed by atoms with Crippen molar-refractivity contribution in [2.75, 3.05) is 0 Å². The van der Waals surface area contributed by atoms with Crippen molar-refractivity contribution in [3.8, 4) is 0 Å². The van der Waals surface area contributed by atoms with Gasteiger partial charge in [-0.25, -0.2) is 0 Å². The first-order valence-electron chi connectivity index (χ1n) is 9.03. The molecule has 0 aromatic carbocycles. The lowest BCUT2D eigenvalue weighted by Crippen LogP contribution is -2.56. The van der Waals surface area contributed by atoms with Crippen LogP contribution in [-0.2, 0) is 9.59 Å². The second-order valence-corrected chi connectivity index (χ2v) is 8.78. The van der Waals surface area contributed by atoms with Crippen molar-refractivity contribution in [1.29, 1.82) is 0 Å². The molecule has 4 rings (SSSR count). The highest BCUT2D eigenvalue weighted by Gasteiger charge is 2.62. The minimum atomic E-state index is -0.309. The molecule has 0 unspecified atom stereocenters. The molecule has 0 N–H and O–H groups in total. The third-order valence-electron chi connectivity index (χ3n) is 8.06. The van der Waals surface area contributed by atoms with Gasteiger partial charge >= 0.3 is 0 Å². The molecule has 0 spiro atoms. The van der Waals surface area contributed by atoms with Gasteiger partial charge in [-0.3, -0.25) is 9.59 Å². The highest BCUT2D eigenvalue weighted by Crippen LogP contribution is 2.64. The lowest BCUT2D eigenvalue weighted by molar-refractivity contribution is -0.157. The van der Waals surface area contributed by atoms with Crippen LogP contribution < -0.4 is 0 Å². The van der Waals surface area contributed by atoms with Crippen LogP contribution in [0.5, 0.6) is 0 Å². The van der Waals surface area contributed by atoms with Crippen LogP contribution >= 0.6 is 0 Å². The summed E-state index contributed by atoms with van der Waals surface area (Å²) in [5.41, 5.74) is 0.0249. The maximum atomic E-state index is 12.9. The Bertz CT molecular complexity index is 496. The van der Waals surface area contributed by atoms with Crippen LogP contribution in [0, 0.1) is 34.5 Å². The maximum Gasteiger partial charge on any atom is 0.139 e. The number of carbonyl (C=O) groups excluding carboxylic acids is 2. The fraction of sp³-hybridized carbons (Fsp3) is 0.895. The molecule has 116 valence electrons. The number of fused-ring (bicyclic) bond motifs is 5. The SMILES string of the molecule is C[C@@]12CCCC[C@@H]1CC[C@@H]1[C@H]2CC(=O)[C@@]2(C)CCC(=O)[C@H]12. The van der Waals surface area contributed by atoms with Gasteiger partial charge in [0.05, 0.1) is 0 Å². The molecule has 0 saturated heterocycles. The molecular formula is C19H28O2. The quantitative estimate of drug-likeness (QED) is 0.670. The molecule has 0 bridgehead atoms. The molecule has 0 radical (unpaired) electrons. The lowest BCUT2D eigenvalue weighted by Gasteiger charge is -2.58. The van der Waals surface area contributed by atoms with E-state index in [1.165, 1.54) is 38.5 Å². The van der Waals surface area contributed by atoms with E-state index in [1.807, 2.05) is 0 Å². The van der Waals surface area contributed by atoms with Crippen molar-refractivity contribution in [2.24, 2.45) is 34.5 Å². The zero-order chi connectivity index (χ0) is 14.8. The van der Waals surface area contributed by atoms with Gasteiger partial charge in [0.1, 0.15) is 11.6 Å². The fourth-order valence-electron chi connectivity index (χ4n) is 6.77. The highest BCUT2D eigenvalue weighted by molar-refractivity contribution is 5.97. The van der Waals surface area contributed by atoms with Crippen molar-refractivity contribution in [2.45, 2.75) is 71.6 Å². The van der Waals surface area contributed by atoms with Crippen LogP contribution in [0.15, 0.2) is 0 Å². The van der Waals surface area contributed by atoms with Crippen LogP contribution in [0.2, 0.25) is 0 Å². The molecule has 0 heterocycles. The van der Waals surface area contributed by atoms with Gasteiger partial charge in [0.15, 0.2) is 0 Å². The van der Waals surface area contributed by atoms with Crippen LogP contribution in [0.1, 0.15) is 71.6 Å². The minimum Gasteiger partial charge on any atom is -0.299 e.